The van der Waals surface area contributed by atoms with Crippen LogP contribution < -0.4 is 0 Å². The first kappa shape index (κ1) is 12.9. The number of hydrogen-bond donors (Lipinski definition) is 0. The van der Waals surface area contributed by atoms with E-state index in [1.807, 2.05) is 13.8 Å². The molecule has 0 fully saturated rings. The molecule has 0 aromatic rings. The molecule has 14 heavy (non-hydrogen) atoms. The minimum absolute atomic E-state index is 0.280. The maximum absolute atomic E-state index is 10.9. The summed E-state index contributed by atoms with van der Waals surface area (Å²) in [6.45, 7) is 3.90. The van der Waals surface area contributed by atoms with E-state index in [4.69, 9.17) is 0 Å². The van der Waals surface area contributed by atoms with E-state index in [1.165, 1.54) is 0 Å². The average Bonchev–Trinajstić information content (AvgIpc) is 2.16. The fraction of sp³-hybridized carbons (Fsp3) is 0.800. The van der Waals surface area contributed by atoms with Crippen LogP contribution in [0.4, 0.5) is 0 Å². The molecule has 0 radical (unpaired) electrons. The van der Waals surface area contributed by atoms with E-state index in [-0.39, 0.29) is 6.42 Å². The summed E-state index contributed by atoms with van der Waals surface area (Å²) in [7, 11) is 0. The van der Waals surface area contributed by atoms with Gasteiger partial charge in [0.25, 0.3) is 0 Å². The van der Waals surface area contributed by atoms with Gasteiger partial charge in [-0.3, -0.25) is 0 Å². The smallest absolute Gasteiger partial charge is 0.247 e. The van der Waals surface area contributed by atoms with Gasteiger partial charge in [0.05, 0.1) is 6.42 Å². The van der Waals surface area contributed by atoms with Gasteiger partial charge in [0.1, 0.15) is 0 Å². The van der Waals surface area contributed by atoms with E-state index >= 15 is 0 Å². The molecule has 0 rings (SSSR count). The quantitative estimate of drug-likeness (QED) is 0.377. The number of hydrogen-bond acceptors (Lipinski definition) is 4. The maximum Gasteiger partial charge on any atom is 0.355 e. The second-order valence-corrected chi connectivity index (χ2v) is 3.12. The van der Waals surface area contributed by atoms with Gasteiger partial charge in [-0.1, -0.05) is 26.7 Å². The van der Waals surface area contributed by atoms with E-state index < -0.39 is 11.9 Å². The van der Waals surface area contributed by atoms with Crippen LogP contribution in [0, 0.1) is 0 Å². The molecule has 0 saturated heterocycles. The Morgan fingerprint density at radius 3 is 1.93 bits per heavy atom. The minimum Gasteiger partial charge on any atom is -0.247 e. The van der Waals surface area contributed by atoms with Crippen LogP contribution in [0.1, 0.15) is 52.4 Å². The molecule has 4 heteroatoms. The minimum atomic E-state index is -0.489. The second-order valence-electron chi connectivity index (χ2n) is 3.12. The predicted molar refractivity (Wildman–Crippen MR) is 51.2 cm³/mol. The predicted octanol–water partition coefficient (Wildman–Crippen LogP) is 2.37. The summed E-state index contributed by atoms with van der Waals surface area (Å²) in [6.07, 6.45) is 4.09. The fourth-order valence-corrected chi connectivity index (χ4v) is 0.900. The van der Waals surface area contributed by atoms with Gasteiger partial charge in [-0.2, -0.15) is 0 Å². The first-order chi connectivity index (χ1) is 6.70. The van der Waals surface area contributed by atoms with Gasteiger partial charge < -0.3 is 0 Å². The molecular weight excluding hydrogens is 184 g/mol. The Labute approximate surface area is 84.5 Å². The van der Waals surface area contributed by atoms with E-state index in [0.717, 1.165) is 19.3 Å². The molecule has 0 aromatic carbocycles. The van der Waals surface area contributed by atoms with Gasteiger partial charge in [0.15, 0.2) is 0 Å². The lowest BCUT2D eigenvalue weighted by Gasteiger charge is -2.01. The summed E-state index contributed by atoms with van der Waals surface area (Å²) in [4.78, 5) is 30.3. The zero-order valence-corrected chi connectivity index (χ0v) is 8.88. The molecule has 0 aliphatic rings. The van der Waals surface area contributed by atoms with Crippen LogP contribution >= 0.6 is 0 Å². The highest BCUT2D eigenvalue weighted by molar-refractivity contribution is 5.72. The Balaban J connectivity index is 3.39. The molecule has 0 aliphatic carbocycles. The lowest BCUT2D eigenvalue weighted by Crippen LogP contribution is -2.10. The molecule has 82 valence electrons. The summed E-state index contributed by atoms with van der Waals surface area (Å²) in [5, 5.41) is 0. The lowest BCUT2D eigenvalue weighted by atomic mass is 10.2. The third-order valence-corrected chi connectivity index (χ3v) is 1.67. The molecular formula is C10H18O4. The Kier molecular flexibility index (Phi) is 7.89. The van der Waals surface area contributed by atoms with Gasteiger partial charge >= 0.3 is 11.9 Å². The lowest BCUT2D eigenvalue weighted by molar-refractivity contribution is -0.259. The Morgan fingerprint density at radius 2 is 1.43 bits per heavy atom. The van der Waals surface area contributed by atoms with Crippen LogP contribution in [0.3, 0.4) is 0 Å². The zero-order valence-electron chi connectivity index (χ0n) is 8.88. The molecule has 0 bridgehead atoms. The summed E-state index contributed by atoms with van der Waals surface area (Å²) in [6, 6.07) is 0. The van der Waals surface area contributed by atoms with Gasteiger partial charge in [-0.25, -0.2) is 19.4 Å². The largest absolute Gasteiger partial charge is 0.355 e. The summed E-state index contributed by atoms with van der Waals surface area (Å²) < 4.78 is 0. The van der Waals surface area contributed by atoms with E-state index in [0.29, 0.717) is 12.8 Å². The number of carbonyl (C=O) groups excluding carboxylic acids is 2. The molecule has 0 heterocycles. The molecule has 0 aromatic heterocycles. The second kappa shape index (κ2) is 8.53. The Bertz CT molecular complexity index is 177. The summed E-state index contributed by atoms with van der Waals surface area (Å²) in [5.74, 6) is -0.959. The standard InChI is InChI=1S/C10H18O4/c1-3-5-6-8-10(12)14-13-9(11)7-4-2/h3-8H2,1-2H3. The highest BCUT2D eigenvalue weighted by atomic mass is 17.2. The normalized spacial score (nSPS) is 9.57. The maximum atomic E-state index is 10.9. The van der Waals surface area contributed by atoms with Crippen molar-refractivity contribution in [3.05, 3.63) is 0 Å². The van der Waals surface area contributed by atoms with Crippen molar-refractivity contribution < 1.29 is 19.4 Å². The number of unbranched alkanes of at least 4 members (excludes halogenated alkanes) is 2. The van der Waals surface area contributed by atoms with Crippen molar-refractivity contribution in [3.8, 4) is 0 Å². The molecule has 0 amide bonds. The Hall–Kier alpha value is -1.06. The first-order valence-corrected chi connectivity index (χ1v) is 5.10. The van der Waals surface area contributed by atoms with Gasteiger partial charge in [-0.15, -0.1) is 0 Å². The van der Waals surface area contributed by atoms with Crippen molar-refractivity contribution in [1.82, 2.24) is 0 Å². The average molecular weight is 202 g/mol. The van der Waals surface area contributed by atoms with Crippen molar-refractivity contribution in [2.24, 2.45) is 0 Å². The van der Waals surface area contributed by atoms with E-state index in [2.05, 4.69) is 9.78 Å². The van der Waals surface area contributed by atoms with Crippen molar-refractivity contribution in [3.63, 3.8) is 0 Å². The topological polar surface area (TPSA) is 52.6 Å². The van der Waals surface area contributed by atoms with Gasteiger partial charge in [0.2, 0.25) is 0 Å². The molecule has 0 unspecified atom stereocenters. The van der Waals surface area contributed by atoms with Gasteiger partial charge in [0, 0.05) is 6.42 Å². The van der Waals surface area contributed by atoms with Crippen molar-refractivity contribution >= 4 is 11.9 Å². The van der Waals surface area contributed by atoms with Crippen molar-refractivity contribution in [1.29, 1.82) is 0 Å². The van der Waals surface area contributed by atoms with Crippen molar-refractivity contribution in [2.45, 2.75) is 52.4 Å². The van der Waals surface area contributed by atoms with Gasteiger partial charge in [-0.05, 0) is 12.8 Å². The summed E-state index contributed by atoms with van der Waals surface area (Å²) >= 11 is 0. The summed E-state index contributed by atoms with van der Waals surface area (Å²) in [5.41, 5.74) is 0. The van der Waals surface area contributed by atoms with Crippen LogP contribution in [0.2, 0.25) is 0 Å². The van der Waals surface area contributed by atoms with Crippen LogP contribution in [0.5, 0.6) is 0 Å². The molecule has 0 N–H and O–H groups in total. The zero-order chi connectivity index (χ0) is 10.8. The van der Waals surface area contributed by atoms with E-state index in [1.54, 1.807) is 0 Å². The van der Waals surface area contributed by atoms with Crippen LogP contribution in [-0.4, -0.2) is 11.9 Å². The molecule has 0 spiro atoms. The molecule has 0 saturated carbocycles. The van der Waals surface area contributed by atoms with Crippen LogP contribution in [0.15, 0.2) is 0 Å². The third-order valence-electron chi connectivity index (χ3n) is 1.67. The molecule has 0 aliphatic heterocycles. The van der Waals surface area contributed by atoms with Crippen molar-refractivity contribution in [2.75, 3.05) is 0 Å². The monoisotopic (exact) mass is 202 g/mol. The highest BCUT2D eigenvalue weighted by Crippen LogP contribution is 2.01. The Morgan fingerprint density at radius 1 is 0.857 bits per heavy atom. The molecule has 0 atom stereocenters. The van der Waals surface area contributed by atoms with Crippen LogP contribution in [0.25, 0.3) is 0 Å². The highest BCUT2D eigenvalue weighted by Gasteiger charge is 2.07. The number of rotatable bonds is 6. The number of carbonyl (C=O) groups is 2. The van der Waals surface area contributed by atoms with Crippen LogP contribution in [-0.2, 0) is 19.4 Å². The fourth-order valence-electron chi connectivity index (χ4n) is 0.900. The van der Waals surface area contributed by atoms with E-state index in [9.17, 15) is 9.59 Å². The SMILES string of the molecule is CCCCCC(=O)OOC(=O)CCC. The third kappa shape index (κ3) is 7.58. The first-order valence-electron chi connectivity index (χ1n) is 5.10. The molecule has 4 nitrogen and oxygen atoms in total.